The molecule has 0 radical (unpaired) electrons. The molecule has 0 atom stereocenters. The molecule has 2 aromatic carbocycles. The minimum absolute atomic E-state index is 0.0576. The lowest BCUT2D eigenvalue weighted by Crippen LogP contribution is -2.28. The number of carboxylic acids is 1. The van der Waals surface area contributed by atoms with Crippen LogP contribution in [0.15, 0.2) is 30.3 Å². The lowest BCUT2D eigenvalue weighted by Gasteiger charge is -2.20. The highest BCUT2D eigenvalue weighted by molar-refractivity contribution is 7.82. The molecule has 0 saturated carbocycles. The smallest absolute Gasteiger partial charge is 0.339 e. The Morgan fingerprint density at radius 2 is 1.88 bits per heavy atom. The molecular formula is C15H13Cl2N3O4S. The summed E-state index contributed by atoms with van der Waals surface area (Å²) in [6.45, 7) is 0. The molecule has 0 bridgehead atoms. The Hall–Kier alpha value is -2.29. The molecule has 132 valence electrons. The Kier molecular flexibility index (Phi) is 5.89. The molecule has 0 saturated heterocycles. The molecule has 0 aliphatic carbocycles. The molecule has 0 aliphatic heterocycles. The van der Waals surface area contributed by atoms with Gasteiger partial charge in [0, 0.05) is 6.07 Å². The van der Waals surface area contributed by atoms with Crippen molar-refractivity contribution in [2.45, 2.75) is 0 Å². The maximum absolute atomic E-state index is 12.4. The van der Waals surface area contributed by atoms with Crippen molar-refractivity contribution in [2.75, 3.05) is 22.5 Å². The fourth-order valence-electron chi connectivity index (χ4n) is 1.99. The van der Waals surface area contributed by atoms with E-state index in [1.165, 1.54) is 19.2 Å². The quantitative estimate of drug-likeness (QED) is 0.454. The predicted molar refractivity (Wildman–Crippen MR) is 101 cm³/mol. The highest BCUT2D eigenvalue weighted by Crippen LogP contribution is 2.34. The minimum Gasteiger partial charge on any atom is -0.496 e. The Bertz CT molecular complexity index is 828. The third-order valence-corrected chi connectivity index (χ3v) is 4.22. The average Bonchev–Trinajstić information content (AvgIpc) is 2.56. The minimum atomic E-state index is -1.24. The summed E-state index contributed by atoms with van der Waals surface area (Å²) in [7, 11) is 1.31. The summed E-state index contributed by atoms with van der Waals surface area (Å²) in [5.41, 5.74) is 6.04. The summed E-state index contributed by atoms with van der Waals surface area (Å²) in [5.74, 6) is -1.18. The van der Waals surface area contributed by atoms with Gasteiger partial charge in [-0.3, -0.25) is 0 Å². The number of nitrogen functional groups attached to an aromatic ring is 1. The fourth-order valence-corrected chi connectivity index (χ4v) is 2.71. The molecule has 2 amide bonds. The van der Waals surface area contributed by atoms with Crippen LogP contribution in [-0.2, 0) is 0 Å². The molecule has 7 nitrogen and oxygen atoms in total. The van der Waals surface area contributed by atoms with Crippen LogP contribution in [0.2, 0.25) is 10.0 Å². The maximum atomic E-state index is 12.4. The number of nitrogens with one attached hydrogen (secondary N) is 1. The summed E-state index contributed by atoms with van der Waals surface area (Å²) in [4.78, 5) is 23.7. The summed E-state index contributed by atoms with van der Waals surface area (Å²) in [5, 5.41) is 12.2. The normalized spacial score (nSPS) is 10.2. The van der Waals surface area contributed by atoms with E-state index in [4.69, 9.17) is 33.7 Å². The number of urea groups is 1. The van der Waals surface area contributed by atoms with E-state index in [0.717, 1.165) is 4.31 Å². The summed E-state index contributed by atoms with van der Waals surface area (Å²) >= 11 is 16.1. The average molecular weight is 402 g/mol. The highest BCUT2D eigenvalue weighted by atomic mass is 35.5. The van der Waals surface area contributed by atoms with Crippen molar-refractivity contribution < 1.29 is 19.4 Å². The Balaban J connectivity index is 2.37. The number of rotatable bonds is 4. The van der Waals surface area contributed by atoms with E-state index >= 15 is 0 Å². The number of amides is 2. The second-order valence-corrected chi connectivity index (χ2v) is 5.97. The van der Waals surface area contributed by atoms with Crippen LogP contribution < -0.4 is 20.1 Å². The van der Waals surface area contributed by atoms with Crippen LogP contribution in [0.5, 0.6) is 5.75 Å². The van der Waals surface area contributed by atoms with E-state index in [1.807, 2.05) is 0 Å². The first-order chi connectivity index (χ1) is 11.8. The lowest BCUT2D eigenvalue weighted by molar-refractivity contribution is 0.0693. The summed E-state index contributed by atoms with van der Waals surface area (Å²) in [6.07, 6.45) is 0. The molecule has 4 N–H and O–H groups in total. The Morgan fingerprint density at radius 3 is 2.40 bits per heavy atom. The second kappa shape index (κ2) is 7.73. The topological polar surface area (TPSA) is 105 Å². The van der Waals surface area contributed by atoms with Crippen LogP contribution in [0, 0.1) is 0 Å². The number of carbonyl (C=O) groups excluding carboxylic acids is 1. The van der Waals surface area contributed by atoms with Crippen LogP contribution >= 0.6 is 36.0 Å². The number of benzene rings is 2. The van der Waals surface area contributed by atoms with Crippen molar-refractivity contribution in [3.63, 3.8) is 0 Å². The van der Waals surface area contributed by atoms with Crippen molar-refractivity contribution >= 4 is 65.1 Å². The molecule has 0 aromatic heterocycles. The van der Waals surface area contributed by atoms with Crippen LogP contribution in [0.25, 0.3) is 0 Å². The van der Waals surface area contributed by atoms with Crippen LogP contribution in [0.4, 0.5) is 21.9 Å². The molecule has 0 heterocycles. The summed E-state index contributed by atoms with van der Waals surface area (Å²) in [6, 6.07) is 6.47. The molecule has 0 unspecified atom stereocenters. The molecule has 25 heavy (non-hydrogen) atoms. The van der Waals surface area contributed by atoms with E-state index in [1.54, 1.807) is 18.2 Å². The number of halogens is 2. The number of aromatic carboxylic acids is 1. The SMILES string of the molecule is COc1cc(N)c(N(S)C(=O)Nc2c(Cl)cccc2Cl)cc1C(=O)O. The third-order valence-electron chi connectivity index (χ3n) is 3.19. The lowest BCUT2D eigenvalue weighted by atomic mass is 10.1. The van der Waals surface area contributed by atoms with Gasteiger partial charge in [-0.25, -0.2) is 13.9 Å². The molecule has 2 aromatic rings. The van der Waals surface area contributed by atoms with E-state index in [0.29, 0.717) is 0 Å². The van der Waals surface area contributed by atoms with Crippen molar-refractivity contribution in [2.24, 2.45) is 0 Å². The van der Waals surface area contributed by atoms with Crippen LogP contribution in [0.1, 0.15) is 10.4 Å². The molecule has 0 aliphatic rings. The van der Waals surface area contributed by atoms with Gasteiger partial charge in [0.1, 0.15) is 11.3 Å². The number of ether oxygens (including phenoxy) is 1. The van der Waals surface area contributed by atoms with Crippen molar-refractivity contribution in [3.8, 4) is 5.75 Å². The number of hydrogen-bond donors (Lipinski definition) is 4. The van der Waals surface area contributed by atoms with Gasteiger partial charge in [0.2, 0.25) is 0 Å². The Morgan fingerprint density at radius 1 is 1.28 bits per heavy atom. The zero-order valence-corrected chi connectivity index (χ0v) is 15.2. The largest absolute Gasteiger partial charge is 0.496 e. The number of nitrogens with two attached hydrogens (primary N) is 1. The molecule has 0 spiro atoms. The van der Waals surface area contributed by atoms with E-state index in [9.17, 15) is 14.7 Å². The van der Waals surface area contributed by atoms with Gasteiger partial charge in [0.15, 0.2) is 0 Å². The number of carboxylic acid groups (broad SMARTS) is 1. The van der Waals surface area contributed by atoms with Crippen molar-refractivity contribution in [1.29, 1.82) is 0 Å². The maximum Gasteiger partial charge on any atom is 0.339 e. The van der Waals surface area contributed by atoms with Gasteiger partial charge < -0.3 is 20.9 Å². The summed E-state index contributed by atoms with van der Waals surface area (Å²) < 4.78 is 5.82. The highest BCUT2D eigenvalue weighted by Gasteiger charge is 2.21. The first kappa shape index (κ1) is 19.0. The van der Waals surface area contributed by atoms with E-state index in [-0.39, 0.29) is 38.4 Å². The van der Waals surface area contributed by atoms with Gasteiger partial charge >= 0.3 is 12.0 Å². The number of para-hydroxylation sites is 1. The molecule has 10 heteroatoms. The van der Waals surface area contributed by atoms with Gasteiger partial charge in [0.25, 0.3) is 0 Å². The van der Waals surface area contributed by atoms with Gasteiger partial charge in [-0.2, -0.15) is 0 Å². The zero-order valence-electron chi connectivity index (χ0n) is 12.8. The van der Waals surface area contributed by atoms with Crippen LogP contribution in [-0.4, -0.2) is 24.2 Å². The van der Waals surface area contributed by atoms with Gasteiger partial charge in [-0.15, -0.1) is 0 Å². The van der Waals surface area contributed by atoms with Gasteiger partial charge in [-0.05, 0) is 18.2 Å². The first-order valence-electron chi connectivity index (χ1n) is 6.71. The number of anilines is 3. The van der Waals surface area contributed by atoms with Crippen molar-refractivity contribution in [1.82, 2.24) is 0 Å². The molecular weight excluding hydrogens is 389 g/mol. The van der Waals surface area contributed by atoms with Crippen molar-refractivity contribution in [3.05, 3.63) is 45.9 Å². The number of nitrogens with zero attached hydrogens (tertiary/aromatic N) is 1. The molecule has 0 fully saturated rings. The standard InChI is InChI=1S/C15H13Cl2N3O4S/c1-24-12-6-10(18)11(5-7(12)14(21)22)20(25)15(23)19-13-8(16)3-2-4-9(13)17/h2-6,25H,18H2,1H3,(H,19,23)(H,21,22). The predicted octanol–water partition coefficient (Wildman–Crippen LogP) is 4.17. The Labute approximate surface area is 158 Å². The van der Waals surface area contributed by atoms with Gasteiger partial charge in [-0.1, -0.05) is 42.1 Å². The number of methoxy groups -OCH3 is 1. The first-order valence-corrected chi connectivity index (χ1v) is 7.86. The zero-order chi connectivity index (χ0) is 18.7. The van der Waals surface area contributed by atoms with Crippen LogP contribution in [0.3, 0.4) is 0 Å². The third kappa shape index (κ3) is 4.04. The number of carbonyl (C=O) groups is 2. The van der Waals surface area contributed by atoms with E-state index in [2.05, 4.69) is 18.1 Å². The van der Waals surface area contributed by atoms with Gasteiger partial charge in [0.05, 0.1) is 34.2 Å². The number of thiol groups is 1. The number of hydrogen-bond acceptors (Lipinski definition) is 5. The van der Waals surface area contributed by atoms with E-state index < -0.39 is 12.0 Å². The fraction of sp³-hybridized carbons (Fsp3) is 0.0667. The molecule has 2 rings (SSSR count). The second-order valence-electron chi connectivity index (χ2n) is 4.76. The monoisotopic (exact) mass is 401 g/mol.